The predicted molar refractivity (Wildman–Crippen MR) is 90.0 cm³/mol. The second-order valence-corrected chi connectivity index (χ2v) is 7.19. The van der Waals surface area contributed by atoms with Crippen LogP contribution in [0, 0.1) is 5.82 Å². The molecule has 1 heterocycles. The van der Waals surface area contributed by atoms with E-state index in [0.717, 1.165) is 23.1 Å². The average molecular weight is 357 g/mol. The van der Waals surface area contributed by atoms with Gasteiger partial charge in [0.25, 0.3) is 0 Å². The maximum atomic E-state index is 14.2. The highest BCUT2D eigenvalue weighted by Gasteiger charge is 2.25. The summed E-state index contributed by atoms with van der Waals surface area (Å²) in [6.45, 7) is 8.57. The highest BCUT2D eigenvalue weighted by Crippen LogP contribution is 2.28. The van der Waals surface area contributed by atoms with E-state index in [4.69, 9.17) is 0 Å². The van der Waals surface area contributed by atoms with Crippen molar-refractivity contribution in [2.75, 3.05) is 13.1 Å². The van der Waals surface area contributed by atoms with E-state index in [1.807, 2.05) is 6.07 Å². The summed E-state index contributed by atoms with van der Waals surface area (Å²) < 4.78 is 15.1. The third-order valence-electron chi connectivity index (χ3n) is 4.41. The van der Waals surface area contributed by atoms with Crippen LogP contribution < -0.4 is 5.32 Å². The van der Waals surface area contributed by atoms with Crippen molar-refractivity contribution in [1.82, 2.24) is 10.2 Å². The first-order chi connectivity index (χ1) is 9.99. The maximum absolute atomic E-state index is 14.2. The lowest BCUT2D eigenvalue weighted by molar-refractivity contribution is 0.135. The van der Waals surface area contributed by atoms with E-state index in [1.54, 1.807) is 12.1 Å². The molecule has 2 nitrogen and oxygen atoms in total. The molecule has 1 N–H and O–H groups in total. The van der Waals surface area contributed by atoms with Gasteiger partial charge in [0.05, 0.1) is 0 Å². The van der Waals surface area contributed by atoms with Gasteiger partial charge in [0, 0.05) is 34.7 Å². The van der Waals surface area contributed by atoms with E-state index in [-0.39, 0.29) is 11.9 Å². The van der Waals surface area contributed by atoms with Crippen molar-refractivity contribution in [2.24, 2.45) is 0 Å². The first kappa shape index (κ1) is 16.9. The van der Waals surface area contributed by atoms with E-state index < -0.39 is 0 Å². The topological polar surface area (TPSA) is 15.3 Å². The molecule has 1 saturated heterocycles. The van der Waals surface area contributed by atoms with E-state index in [1.165, 1.54) is 19.3 Å². The highest BCUT2D eigenvalue weighted by atomic mass is 79.9. The van der Waals surface area contributed by atoms with Crippen LogP contribution in [-0.4, -0.2) is 30.1 Å². The SMILES string of the molecule is CC(C)N(CC1CCCCN1)C(C)c1cc(Br)ccc1F. The minimum Gasteiger partial charge on any atom is -0.313 e. The predicted octanol–water partition coefficient (Wildman–Crippen LogP) is 4.50. The molecule has 2 unspecified atom stereocenters. The van der Waals surface area contributed by atoms with E-state index in [9.17, 15) is 4.39 Å². The molecule has 21 heavy (non-hydrogen) atoms. The Morgan fingerprint density at radius 2 is 2.10 bits per heavy atom. The fourth-order valence-corrected chi connectivity index (χ4v) is 3.54. The lowest BCUT2D eigenvalue weighted by atomic mass is 10.0. The average Bonchev–Trinajstić information content (AvgIpc) is 2.47. The van der Waals surface area contributed by atoms with Crippen molar-refractivity contribution in [2.45, 2.75) is 58.2 Å². The first-order valence-electron chi connectivity index (χ1n) is 7.93. The fourth-order valence-electron chi connectivity index (χ4n) is 3.16. The molecule has 118 valence electrons. The molecule has 0 aliphatic carbocycles. The molecule has 2 rings (SSSR count). The number of piperidine rings is 1. The van der Waals surface area contributed by atoms with Gasteiger partial charge >= 0.3 is 0 Å². The Hall–Kier alpha value is -0.450. The molecule has 2 atom stereocenters. The molecule has 0 saturated carbocycles. The number of nitrogens with one attached hydrogen (secondary N) is 1. The van der Waals surface area contributed by atoms with Gasteiger partial charge < -0.3 is 5.32 Å². The van der Waals surface area contributed by atoms with Gasteiger partial charge in [0.2, 0.25) is 0 Å². The summed E-state index contributed by atoms with van der Waals surface area (Å²) in [5.74, 6) is -0.118. The first-order valence-corrected chi connectivity index (χ1v) is 8.72. The highest BCUT2D eigenvalue weighted by molar-refractivity contribution is 9.10. The summed E-state index contributed by atoms with van der Waals surface area (Å²) in [4.78, 5) is 2.40. The molecule has 1 fully saturated rings. The van der Waals surface area contributed by atoms with Crippen LogP contribution in [0.2, 0.25) is 0 Å². The summed E-state index contributed by atoms with van der Waals surface area (Å²) in [5, 5.41) is 3.59. The molecule has 0 bridgehead atoms. The Morgan fingerprint density at radius 1 is 1.33 bits per heavy atom. The molecule has 1 aliphatic heterocycles. The van der Waals surface area contributed by atoms with Crippen molar-refractivity contribution < 1.29 is 4.39 Å². The molecule has 4 heteroatoms. The number of nitrogens with zero attached hydrogens (tertiary/aromatic N) is 1. The van der Waals surface area contributed by atoms with Crippen molar-refractivity contribution in [1.29, 1.82) is 0 Å². The second-order valence-electron chi connectivity index (χ2n) is 6.28. The van der Waals surface area contributed by atoms with Crippen LogP contribution in [0.4, 0.5) is 4.39 Å². The normalized spacial score (nSPS) is 21.0. The minimum atomic E-state index is -0.118. The molecule has 0 radical (unpaired) electrons. The molecule has 1 aliphatic rings. The van der Waals surface area contributed by atoms with E-state index >= 15 is 0 Å². The molecule has 0 aromatic heterocycles. The number of rotatable bonds is 5. The zero-order valence-corrected chi connectivity index (χ0v) is 14.8. The van der Waals surface area contributed by atoms with Gasteiger partial charge in [-0.25, -0.2) is 4.39 Å². The van der Waals surface area contributed by atoms with Gasteiger partial charge in [-0.2, -0.15) is 0 Å². The summed E-state index contributed by atoms with van der Waals surface area (Å²) in [6.07, 6.45) is 3.79. The monoisotopic (exact) mass is 356 g/mol. The van der Waals surface area contributed by atoms with Crippen LogP contribution in [0.15, 0.2) is 22.7 Å². The third-order valence-corrected chi connectivity index (χ3v) is 4.91. The van der Waals surface area contributed by atoms with Crippen LogP contribution in [0.1, 0.15) is 51.6 Å². The number of hydrogen-bond donors (Lipinski definition) is 1. The molecular weight excluding hydrogens is 331 g/mol. The quantitative estimate of drug-likeness (QED) is 0.835. The van der Waals surface area contributed by atoms with Gasteiger partial charge in [0.1, 0.15) is 5.82 Å². The molecule has 1 aromatic rings. The Bertz CT molecular complexity index is 458. The van der Waals surface area contributed by atoms with Gasteiger partial charge in [0.15, 0.2) is 0 Å². The maximum Gasteiger partial charge on any atom is 0.128 e. The summed E-state index contributed by atoms with van der Waals surface area (Å²) in [5.41, 5.74) is 0.772. The Morgan fingerprint density at radius 3 is 2.71 bits per heavy atom. The number of hydrogen-bond acceptors (Lipinski definition) is 2. The van der Waals surface area contributed by atoms with Crippen LogP contribution in [0.5, 0.6) is 0 Å². The van der Waals surface area contributed by atoms with Crippen LogP contribution >= 0.6 is 15.9 Å². The second kappa shape index (κ2) is 7.70. The lowest BCUT2D eigenvalue weighted by Crippen LogP contribution is -2.46. The third kappa shape index (κ3) is 4.51. The zero-order valence-electron chi connectivity index (χ0n) is 13.2. The van der Waals surface area contributed by atoms with Gasteiger partial charge in [-0.15, -0.1) is 0 Å². The van der Waals surface area contributed by atoms with E-state index in [0.29, 0.717) is 12.1 Å². The Labute approximate surface area is 136 Å². The molecule has 0 amide bonds. The summed E-state index contributed by atoms with van der Waals surface area (Å²) in [7, 11) is 0. The van der Waals surface area contributed by atoms with Crippen molar-refractivity contribution in [3.8, 4) is 0 Å². The fraction of sp³-hybridized carbons (Fsp3) is 0.647. The Balaban J connectivity index is 2.14. The van der Waals surface area contributed by atoms with Crippen molar-refractivity contribution in [3.05, 3.63) is 34.1 Å². The largest absolute Gasteiger partial charge is 0.313 e. The Kier molecular flexibility index (Phi) is 6.20. The van der Waals surface area contributed by atoms with E-state index in [2.05, 4.69) is 46.9 Å². The summed E-state index contributed by atoms with van der Waals surface area (Å²) in [6, 6.07) is 6.21. The van der Waals surface area contributed by atoms with Crippen LogP contribution in [-0.2, 0) is 0 Å². The summed E-state index contributed by atoms with van der Waals surface area (Å²) >= 11 is 3.45. The van der Waals surface area contributed by atoms with Gasteiger partial charge in [-0.3, -0.25) is 4.90 Å². The minimum absolute atomic E-state index is 0.0752. The van der Waals surface area contributed by atoms with Crippen LogP contribution in [0.25, 0.3) is 0 Å². The van der Waals surface area contributed by atoms with Gasteiger partial charge in [-0.1, -0.05) is 22.4 Å². The van der Waals surface area contributed by atoms with Crippen molar-refractivity contribution >= 4 is 15.9 Å². The van der Waals surface area contributed by atoms with Gasteiger partial charge in [-0.05, 0) is 58.4 Å². The van der Waals surface area contributed by atoms with Crippen molar-refractivity contribution in [3.63, 3.8) is 0 Å². The number of benzene rings is 1. The zero-order chi connectivity index (χ0) is 15.4. The lowest BCUT2D eigenvalue weighted by Gasteiger charge is -2.37. The molecule has 0 spiro atoms. The van der Waals surface area contributed by atoms with Crippen LogP contribution in [0.3, 0.4) is 0 Å². The smallest absolute Gasteiger partial charge is 0.128 e. The number of halogens is 2. The standard InChI is InChI=1S/C17H26BrFN2/c1-12(2)21(11-15-6-4-5-9-20-15)13(3)16-10-14(18)7-8-17(16)19/h7-8,10,12-13,15,20H,4-6,9,11H2,1-3H3. The molecular formula is C17H26BrFN2. The molecule has 1 aromatic carbocycles.